The molecule has 124 valence electrons. The van der Waals surface area contributed by atoms with E-state index < -0.39 is 18.1 Å². The number of hydrogen-bond acceptors (Lipinski definition) is 4. The van der Waals surface area contributed by atoms with Crippen LogP contribution in [0.4, 0.5) is 0 Å². The number of hydrogen-bond donors (Lipinski definition) is 1. The normalized spacial score (nSPS) is 19.0. The third-order valence-electron chi connectivity index (χ3n) is 3.97. The highest BCUT2D eigenvalue weighted by molar-refractivity contribution is 5.94. The summed E-state index contributed by atoms with van der Waals surface area (Å²) in [7, 11) is 0. The molecule has 0 aromatic heterocycles. The van der Waals surface area contributed by atoms with Crippen molar-refractivity contribution in [1.82, 2.24) is 4.90 Å². The summed E-state index contributed by atoms with van der Waals surface area (Å²) in [6, 6.07) is 5.82. The number of Topliss-reactive ketones (excluding diaryl/α,β-unsaturated/α-hetero) is 1. The van der Waals surface area contributed by atoms with Crippen LogP contribution in [-0.2, 0) is 9.59 Å². The molecule has 2 atom stereocenters. The Morgan fingerprint density at radius 2 is 2.04 bits per heavy atom. The number of rotatable bonds is 5. The van der Waals surface area contributed by atoms with E-state index in [4.69, 9.17) is 4.74 Å². The molecule has 6 heteroatoms. The van der Waals surface area contributed by atoms with Crippen molar-refractivity contribution >= 4 is 17.7 Å². The summed E-state index contributed by atoms with van der Waals surface area (Å²) in [5.41, 5.74) is 0.503. The fourth-order valence-corrected chi connectivity index (χ4v) is 2.73. The predicted octanol–water partition coefficient (Wildman–Crippen LogP) is 2.12. The fraction of sp³-hybridized carbons (Fsp3) is 0.471. The van der Waals surface area contributed by atoms with Gasteiger partial charge >= 0.3 is 5.97 Å². The first-order valence-electron chi connectivity index (χ1n) is 7.71. The standard InChI is InChI=1S/C17H21NO5/c1-11(19)13-6-5-7-14(10-13)23-12(2)16(20)18-9-4-3-8-15(18)17(21)22/h5-7,10,12,15H,3-4,8-9H2,1-2H3,(H,21,22)/t12?,15-/m1/s1. The van der Waals surface area contributed by atoms with E-state index in [1.807, 2.05) is 0 Å². The Morgan fingerprint density at radius 3 is 2.70 bits per heavy atom. The van der Waals surface area contributed by atoms with Gasteiger partial charge in [0.1, 0.15) is 11.8 Å². The molecule has 1 aromatic rings. The number of carboxylic acid groups (broad SMARTS) is 1. The van der Waals surface area contributed by atoms with Gasteiger partial charge in [-0.2, -0.15) is 0 Å². The van der Waals surface area contributed by atoms with Crippen LogP contribution in [0, 0.1) is 0 Å². The Labute approximate surface area is 135 Å². The summed E-state index contributed by atoms with van der Waals surface area (Å²) in [6.45, 7) is 3.48. The van der Waals surface area contributed by atoms with Crippen molar-refractivity contribution in [3.63, 3.8) is 0 Å². The Balaban J connectivity index is 2.08. The lowest BCUT2D eigenvalue weighted by Crippen LogP contribution is -2.52. The van der Waals surface area contributed by atoms with Crippen LogP contribution in [0.5, 0.6) is 5.75 Å². The van der Waals surface area contributed by atoms with Crippen LogP contribution in [0.1, 0.15) is 43.5 Å². The average Bonchev–Trinajstić information content (AvgIpc) is 2.54. The molecule has 1 unspecified atom stereocenters. The summed E-state index contributed by atoms with van der Waals surface area (Å²) in [5, 5.41) is 9.25. The molecule has 0 spiro atoms. The van der Waals surface area contributed by atoms with Crippen molar-refractivity contribution in [2.75, 3.05) is 6.54 Å². The predicted molar refractivity (Wildman–Crippen MR) is 83.5 cm³/mol. The van der Waals surface area contributed by atoms with E-state index in [9.17, 15) is 19.5 Å². The minimum atomic E-state index is -0.983. The number of carboxylic acids is 1. The van der Waals surface area contributed by atoms with Crippen molar-refractivity contribution in [2.24, 2.45) is 0 Å². The largest absolute Gasteiger partial charge is 0.481 e. The molecule has 1 amide bonds. The number of piperidine rings is 1. The van der Waals surface area contributed by atoms with E-state index in [2.05, 4.69) is 0 Å². The SMILES string of the molecule is CC(=O)c1cccc(OC(C)C(=O)N2CCCC[C@@H]2C(=O)O)c1. The van der Waals surface area contributed by atoms with Crippen molar-refractivity contribution in [2.45, 2.75) is 45.3 Å². The first kappa shape index (κ1) is 17.0. The van der Waals surface area contributed by atoms with Crippen LogP contribution in [0.3, 0.4) is 0 Å². The molecule has 0 radical (unpaired) electrons. The van der Waals surface area contributed by atoms with Gasteiger partial charge in [-0.25, -0.2) is 4.79 Å². The van der Waals surface area contributed by atoms with Gasteiger partial charge in [0.05, 0.1) is 0 Å². The minimum absolute atomic E-state index is 0.0867. The molecule has 1 heterocycles. The van der Waals surface area contributed by atoms with Crippen molar-refractivity contribution in [3.05, 3.63) is 29.8 Å². The van der Waals surface area contributed by atoms with Gasteiger partial charge in [-0.05, 0) is 45.2 Å². The summed E-state index contributed by atoms with van der Waals surface area (Å²) in [6.07, 6.45) is 1.25. The first-order chi connectivity index (χ1) is 10.9. The zero-order chi connectivity index (χ0) is 17.0. The average molecular weight is 319 g/mol. The Kier molecular flexibility index (Phi) is 5.36. The summed E-state index contributed by atoms with van der Waals surface area (Å²) >= 11 is 0. The maximum atomic E-state index is 12.5. The van der Waals surface area contributed by atoms with E-state index in [-0.39, 0.29) is 11.7 Å². The summed E-state index contributed by atoms with van der Waals surface area (Å²) < 4.78 is 5.61. The number of ether oxygens (including phenoxy) is 1. The molecular formula is C17H21NO5. The van der Waals surface area contributed by atoms with Gasteiger partial charge in [0.2, 0.25) is 0 Å². The number of ketones is 1. The van der Waals surface area contributed by atoms with E-state index in [1.165, 1.54) is 11.8 Å². The van der Waals surface area contributed by atoms with Crippen LogP contribution < -0.4 is 4.74 Å². The van der Waals surface area contributed by atoms with Crippen LogP contribution in [0.15, 0.2) is 24.3 Å². The van der Waals surface area contributed by atoms with Gasteiger partial charge in [-0.15, -0.1) is 0 Å². The van der Waals surface area contributed by atoms with E-state index >= 15 is 0 Å². The molecule has 6 nitrogen and oxygen atoms in total. The molecular weight excluding hydrogens is 298 g/mol. The second-order valence-corrected chi connectivity index (χ2v) is 5.73. The van der Waals surface area contributed by atoms with Crippen molar-refractivity contribution < 1.29 is 24.2 Å². The molecule has 1 fully saturated rings. The van der Waals surface area contributed by atoms with E-state index in [0.29, 0.717) is 24.3 Å². The number of aliphatic carboxylic acids is 1. The molecule has 0 bridgehead atoms. The highest BCUT2D eigenvalue weighted by Crippen LogP contribution is 2.21. The maximum absolute atomic E-state index is 12.5. The number of carbonyl (C=O) groups excluding carboxylic acids is 2. The molecule has 0 aliphatic carbocycles. The molecule has 1 N–H and O–H groups in total. The van der Waals surface area contributed by atoms with Gasteiger partial charge in [-0.1, -0.05) is 12.1 Å². The summed E-state index contributed by atoms with van der Waals surface area (Å²) in [4.78, 5) is 36.6. The van der Waals surface area contributed by atoms with E-state index in [0.717, 1.165) is 12.8 Å². The van der Waals surface area contributed by atoms with Crippen molar-refractivity contribution in [3.8, 4) is 5.75 Å². The van der Waals surface area contributed by atoms with Crippen LogP contribution in [0.2, 0.25) is 0 Å². The van der Waals surface area contributed by atoms with Gasteiger partial charge in [0.15, 0.2) is 11.9 Å². The lowest BCUT2D eigenvalue weighted by molar-refractivity contribution is -0.155. The summed E-state index contributed by atoms with van der Waals surface area (Å²) in [5.74, 6) is -0.993. The van der Waals surface area contributed by atoms with E-state index in [1.54, 1.807) is 31.2 Å². The number of carbonyl (C=O) groups is 3. The van der Waals surface area contributed by atoms with Gasteiger partial charge in [0, 0.05) is 12.1 Å². The van der Waals surface area contributed by atoms with Crippen molar-refractivity contribution in [1.29, 1.82) is 0 Å². The molecule has 1 aliphatic heterocycles. The van der Waals surface area contributed by atoms with Gasteiger partial charge in [0.25, 0.3) is 5.91 Å². The zero-order valence-corrected chi connectivity index (χ0v) is 13.3. The smallest absolute Gasteiger partial charge is 0.326 e. The Bertz CT molecular complexity index is 613. The second kappa shape index (κ2) is 7.26. The molecule has 1 aliphatic rings. The second-order valence-electron chi connectivity index (χ2n) is 5.73. The molecule has 1 aromatic carbocycles. The molecule has 23 heavy (non-hydrogen) atoms. The highest BCUT2D eigenvalue weighted by Gasteiger charge is 2.34. The molecule has 0 saturated carbocycles. The number of benzene rings is 1. The van der Waals surface area contributed by atoms with Crippen LogP contribution in [-0.4, -0.2) is 46.4 Å². The molecule has 2 rings (SSSR count). The van der Waals surface area contributed by atoms with Crippen LogP contribution >= 0.6 is 0 Å². The number of nitrogens with zero attached hydrogens (tertiary/aromatic N) is 1. The zero-order valence-electron chi connectivity index (χ0n) is 13.3. The Hall–Kier alpha value is -2.37. The Morgan fingerprint density at radius 1 is 1.30 bits per heavy atom. The van der Waals surface area contributed by atoms with Gasteiger partial charge < -0.3 is 14.7 Å². The number of amides is 1. The maximum Gasteiger partial charge on any atom is 0.326 e. The topological polar surface area (TPSA) is 83.9 Å². The van der Waals surface area contributed by atoms with Crippen LogP contribution in [0.25, 0.3) is 0 Å². The third kappa shape index (κ3) is 4.09. The minimum Gasteiger partial charge on any atom is -0.481 e. The molecule has 1 saturated heterocycles. The number of likely N-dealkylation sites (tertiary alicyclic amines) is 1. The highest BCUT2D eigenvalue weighted by atomic mass is 16.5. The lowest BCUT2D eigenvalue weighted by Gasteiger charge is -2.34. The third-order valence-corrected chi connectivity index (χ3v) is 3.97. The lowest BCUT2D eigenvalue weighted by atomic mass is 10.0. The monoisotopic (exact) mass is 319 g/mol. The quantitative estimate of drug-likeness (QED) is 0.840. The fourth-order valence-electron chi connectivity index (χ4n) is 2.73. The first-order valence-corrected chi connectivity index (χ1v) is 7.71. The van der Waals surface area contributed by atoms with Gasteiger partial charge in [-0.3, -0.25) is 9.59 Å².